The molecule has 2 aromatic rings. The fourth-order valence-corrected chi connectivity index (χ4v) is 2.12. The highest BCUT2D eigenvalue weighted by Crippen LogP contribution is 2.31. The first-order chi connectivity index (χ1) is 8.08. The van der Waals surface area contributed by atoms with E-state index < -0.39 is 4.92 Å². The largest absolute Gasteiger partial charge is 0.329 e. The summed E-state index contributed by atoms with van der Waals surface area (Å²) in [4.78, 5) is 18.7. The maximum atomic E-state index is 10.9. The fraction of sp³-hybridized carbons (Fsp3) is 0.200. The molecule has 0 aliphatic rings. The molecule has 0 saturated carbocycles. The topological polar surface area (TPSA) is 73.8 Å². The first kappa shape index (κ1) is 11.6. The highest BCUT2D eigenvalue weighted by Gasteiger charge is 2.18. The number of nitro groups is 1. The summed E-state index contributed by atoms with van der Waals surface area (Å²) in [5.41, 5.74) is 0.777. The van der Waals surface area contributed by atoms with Crippen LogP contribution in [0, 0.1) is 17.0 Å². The number of hydrogen-bond donors (Lipinski definition) is 0. The summed E-state index contributed by atoms with van der Waals surface area (Å²) in [6, 6.07) is 1.51. The van der Waals surface area contributed by atoms with Crippen LogP contribution in [-0.2, 0) is 7.05 Å². The molecule has 0 aliphatic carbocycles. The van der Waals surface area contributed by atoms with Crippen LogP contribution >= 0.6 is 11.8 Å². The molecule has 0 saturated heterocycles. The molecule has 0 bridgehead atoms. The Morgan fingerprint density at radius 2 is 2.24 bits per heavy atom. The molecule has 0 unspecified atom stereocenters. The Morgan fingerprint density at radius 1 is 1.47 bits per heavy atom. The predicted molar refractivity (Wildman–Crippen MR) is 63.0 cm³/mol. The summed E-state index contributed by atoms with van der Waals surface area (Å²) >= 11 is 1.18. The highest BCUT2D eigenvalue weighted by molar-refractivity contribution is 7.99. The third kappa shape index (κ3) is 2.44. The molecule has 2 aromatic heterocycles. The van der Waals surface area contributed by atoms with Gasteiger partial charge in [-0.25, -0.2) is 9.97 Å². The number of hydrogen-bond acceptors (Lipinski definition) is 5. The van der Waals surface area contributed by atoms with Crippen molar-refractivity contribution >= 4 is 17.4 Å². The van der Waals surface area contributed by atoms with Gasteiger partial charge in [-0.3, -0.25) is 10.1 Å². The summed E-state index contributed by atoms with van der Waals surface area (Å²) in [6.45, 7) is 1.77. The number of aryl methyl sites for hydroxylation is 2. The molecular weight excluding hydrogens is 240 g/mol. The van der Waals surface area contributed by atoms with Gasteiger partial charge in [0.1, 0.15) is 0 Å². The van der Waals surface area contributed by atoms with Gasteiger partial charge in [0.05, 0.1) is 4.92 Å². The van der Waals surface area contributed by atoms with Crippen LogP contribution in [0.5, 0.6) is 0 Å². The van der Waals surface area contributed by atoms with Crippen molar-refractivity contribution in [1.29, 1.82) is 0 Å². The van der Waals surface area contributed by atoms with Crippen LogP contribution in [0.15, 0.2) is 34.8 Å². The Hall–Kier alpha value is -1.89. The summed E-state index contributed by atoms with van der Waals surface area (Å²) < 4.78 is 1.79. The minimum Gasteiger partial charge on any atom is -0.329 e. The SMILES string of the molecule is Cc1cnc(Sc2nccn2C)c([N+](=O)[O-])c1. The van der Waals surface area contributed by atoms with Gasteiger partial charge >= 0.3 is 5.69 Å². The van der Waals surface area contributed by atoms with E-state index in [9.17, 15) is 10.1 Å². The molecule has 0 radical (unpaired) electrons. The lowest BCUT2D eigenvalue weighted by atomic mass is 10.3. The maximum Gasteiger partial charge on any atom is 0.302 e. The van der Waals surface area contributed by atoms with Gasteiger partial charge in [-0.1, -0.05) is 0 Å². The summed E-state index contributed by atoms with van der Waals surface area (Å²) in [5, 5.41) is 11.9. The van der Waals surface area contributed by atoms with Crippen molar-refractivity contribution in [2.75, 3.05) is 0 Å². The summed E-state index contributed by atoms with van der Waals surface area (Å²) in [6.07, 6.45) is 5.03. The molecule has 0 aliphatic heterocycles. The second kappa shape index (κ2) is 4.54. The van der Waals surface area contributed by atoms with Crippen LogP contribution in [0.1, 0.15) is 5.56 Å². The average Bonchev–Trinajstić information content (AvgIpc) is 2.67. The fourth-order valence-electron chi connectivity index (χ4n) is 1.29. The van der Waals surface area contributed by atoms with E-state index in [2.05, 4.69) is 9.97 Å². The second-order valence-electron chi connectivity index (χ2n) is 3.52. The third-order valence-electron chi connectivity index (χ3n) is 2.13. The zero-order chi connectivity index (χ0) is 12.4. The molecule has 6 nitrogen and oxygen atoms in total. The number of imidazole rings is 1. The van der Waals surface area contributed by atoms with Crippen LogP contribution in [0.25, 0.3) is 0 Å². The van der Waals surface area contributed by atoms with Crippen LogP contribution in [0.2, 0.25) is 0 Å². The molecule has 7 heteroatoms. The Balaban J connectivity index is 2.39. The van der Waals surface area contributed by atoms with Crippen molar-refractivity contribution in [3.05, 3.63) is 40.3 Å². The Labute approximate surface area is 102 Å². The average molecular weight is 250 g/mol. The quantitative estimate of drug-likeness (QED) is 0.616. The zero-order valence-corrected chi connectivity index (χ0v) is 10.1. The lowest BCUT2D eigenvalue weighted by molar-refractivity contribution is -0.388. The van der Waals surface area contributed by atoms with Crippen molar-refractivity contribution < 1.29 is 4.92 Å². The van der Waals surface area contributed by atoms with E-state index in [4.69, 9.17) is 0 Å². The van der Waals surface area contributed by atoms with Crippen LogP contribution in [0.4, 0.5) is 5.69 Å². The lowest BCUT2D eigenvalue weighted by Gasteiger charge is -2.02. The third-order valence-corrected chi connectivity index (χ3v) is 3.21. The van der Waals surface area contributed by atoms with Crippen molar-refractivity contribution in [3.63, 3.8) is 0 Å². The van der Waals surface area contributed by atoms with Crippen LogP contribution in [-0.4, -0.2) is 19.5 Å². The summed E-state index contributed by atoms with van der Waals surface area (Å²) in [7, 11) is 1.83. The first-order valence-electron chi connectivity index (χ1n) is 4.84. The molecule has 0 fully saturated rings. The Bertz CT molecular complexity index is 567. The first-order valence-corrected chi connectivity index (χ1v) is 5.66. The zero-order valence-electron chi connectivity index (χ0n) is 9.32. The minimum atomic E-state index is -0.425. The molecular formula is C10H10N4O2S. The van der Waals surface area contributed by atoms with Gasteiger partial charge in [0.2, 0.25) is 0 Å². The van der Waals surface area contributed by atoms with Crippen molar-refractivity contribution in [2.45, 2.75) is 17.1 Å². The van der Waals surface area contributed by atoms with Crippen LogP contribution < -0.4 is 0 Å². The van der Waals surface area contributed by atoms with Gasteiger partial charge in [-0.15, -0.1) is 0 Å². The van der Waals surface area contributed by atoms with E-state index in [1.807, 2.05) is 7.05 Å². The molecule has 2 heterocycles. The number of pyridine rings is 1. The maximum absolute atomic E-state index is 10.9. The molecule has 0 amide bonds. The van der Waals surface area contributed by atoms with Gasteiger partial charge in [0.25, 0.3) is 0 Å². The second-order valence-corrected chi connectivity index (χ2v) is 4.47. The molecule has 88 valence electrons. The molecule has 0 atom stereocenters. The summed E-state index contributed by atoms with van der Waals surface area (Å²) in [5.74, 6) is 0. The number of nitrogens with zero attached hydrogens (tertiary/aromatic N) is 4. The molecule has 0 aromatic carbocycles. The van der Waals surface area contributed by atoms with Gasteiger partial charge in [-0.2, -0.15) is 0 Å². The van der Waals surface area contributed by atoms with Gasteiger partial charge < -0.3 is 4.57 Å². The monoisotopic (exact) mass is 250 g/mol. The smallest absolute Gasteiger partial charge is 0.302 e. The normalized spacial score (nSPS) is 10.5. The Kier molecular flexibility index (Phi) is 3.10. The molecule has 2 rings (SSSR count). The van der Waals surface area contributed by atoms with E-state index in [1.165, 1.54) is 17.8 Å². The van der Waals surface area contributed by atoms with Gasteiger partial charge in [0.15, 0.2) is 10.2 Å². The minimum absolute atomic E-state index is 0.0120. The van der Waals surface area contributed by atoms with E-state index in [0.717, 1.165) is 5.56 Å². The highest BCUT2D eigenvalue weighted by atomic mass is 32.2. The van der Waals surface area contributed by atoms with E-state index in [-0.39, 0.29) is 5.69 Å². The van der Waals surface area contributed by atoms with E-state index >= 15 is 0 Å². The van der Waals surface area contributed by atoms with Crippen molar-refractivity contribution in [1.82, 2.24) is 14.5 Å². The van der Waals surface area contributed by atoms with E-state index in [1.54, 1.807) is 30.1 Å². The number of rotatable bonds is 3. The van der Waals surface area contributed by atoms with Gasteiger partial charge in [0, 0.05) is 31.7 Å². The molecule has 0 N–H and O–H groups in total. The van der Waals surface area contributed by atoms with Crippen molar-refractivity contribution in [3.8, 4) is 0 Å². The Morgan fingerprint density at radius 3 is 2.82 bits per heavy atom. The molecule has 0 spiro atoms. The van der Waals surface area contributed by atoms with Gasteiger partial charge in [-0.05, 0) is 24.2 Å². The molecule has 17 heavy (non-hydrogen) atoms. The number of aromatic nitrogens is 3. The van der Waals surface area contributed by atoms with Crippen LogP contribution in [0.3, 0.4) is 0 Å². The standard InChI is InChI=1S/C10H10N4O2S/c1-7-5-8(14(15)16)9(12-6-7)17-10-11-3-4-13(10)2/h3-6H,1-2H3. The predicted octanol–water partition coefficient (Wildman–Crippen LogP) is 2.18. The lowest BCUT2D eigenvalue weighted by Crippen LogP contribution is -1.96. The van der Waals surface area contributed by atoms with E-state index in [0.29, 0.717) is 10.2 Å². The van der Waals surface area contributed by atoms with Crippen molar-refractivity contribution in [2.24, 2.45) is 7.05 Å².